The quantitative estimate of drug-likeness (QED) is 0.382. The van der Waals surface area contributed by atoms with Crippen molar-refractivity contribution in [3.8, 4) is 17.1 Å². The average molecular weight is 378 g/mol. The van der Waals surface area contributed by atoms with E-state index in [1.54, 1.807) is 11.8 Å². The van der Waals surface area contributed by atoms with Gasteiger partial charge in [-0.2, -0.15) is 0 Å². The van der Waals surface area contributed by atoms with Crippen LogP contribution in [0.5, 0.6) is 0 Å². The summed E-state index contributed by atoms with van der Waals surface area (Å²) < 4.78 is 2.07. The van der Waals surface area contributed by atoms with Crippen molar-refractivity contribution >= 4 is 35.0 Å². The number of benzene rings is 2. The first kappa shape index (κ1) is 17.3. The molecule has 24 heavy (non-hydrogen) atoms. The zero-order chi connectivity index (χ0) is 16.9. The van der Waals surface area contributed by atoms with E-state index < -0.39 is 0 Å². The Labute approximate surface area is 156 Å². The van der Waals surface area contributed by atoms with Gasteiger partial charge in [0, 0.05) is 27.0 Å². The first-order chi connectivity index (χ1) is 11.7. The number of unbranched alkanes of at least 4 members (excludes halogenated alkanes) is 1. The molecule has 3 nitrogen and oxygen atoms in total. The largest absolute Gasteiger partial charge is 0.270 e. The summed E-state index contributed by atoms with van der Waals surface area (Å²) in [6.45, 7) is 2.18. The van der Waals surface area contributed by atoms with Crippen LogP contribution in [0.1, 0.15) is 19.8 Å². The monoisotopic (exact) mass is 377 g/mol. The number of rotatable bonds is 6. The van der Waals surface area contributed by atoms with Gasteiger partial charge in [-0.05, 0) is 55.0 Å². The van der Waals surface area contributed by atoms with E-state index in [2.05, 4.69) is 21.7 Å². The molecule has 2 aromatic carbocycles. The summed E-state index contributed by atoms with van der Waals surface area (Å²) in [5.41, 5.74) is 1.97. The first-order valence-corrected chi connectivity index (χ1v) is 9.53. The fourth-order valence-corrected chi connectivity index (χ4v) is 3.57. The van der Waals surface area contributed by atoms with Crippen molar-refractivity contribution in [2.24, 2.45) is 0 Å². The van der Waals surface area contributed by atoms with Gasteiger partial charge < -0.3 is 0 Å². The lowest BCUT2D eigenvalue weighted by atomic mass is 10.2. The minimum atomic E-state index is 0.703. The number of hydrogen-bond acceptors (Lipinski definition) is 3. The summed E-state index contributed by atoms with van der Waals surface area (Å²) in [5.74, 6) is 1.82. The minimum Gasteiger partial charge on any atom is -0.270 e. The van der Waals surface area contributed by atoms with Gasteiger partial charge >= 0.3 is 0 Å². The third-order valence-corrected chi connectivity index (χ3v) is 5.07. The van der Waals surface area contributed by atoms with Gasteiger partial charge in [0.05, 0.1) is 0 Å². The average Bonchev–Trinajstić information content (AvgIpc) is 3.00. The van der Waals surface area contributed by atoms with Gasteiger partial charge in [0.25, 0.3) is 0 Å². The predicted molar refractivity (Wildman–Crippen MR) is 102 cm³/mol. The van der Waals surface area contributed by atoms with Crippen LogP contribution in [0.2, 0.25) is 10.0 Å². The second-order valence-corrected chi connectivity index (χ2v) is 7.26. The van der Waals surface area contributed by atoms with Gasteiger partial charge in [-0.3, -0.25) is 4.57 Å². The summed E-state index contributed by atoms with van der Waals surface area (Å²) in [5, 5.41) is 11.1. The molecule has 0 saturated carbocycles. The van der Waals surface area contributed by atoms with E-state index in [1.165, 1.54) is 0 Å². The van der Waals surface area contributed by atoms with E-state index in [0.717, 1.165) is 40.8 Å². The third-order valence-electron chi connectivity index (χ3n) is 3.55. The second kappa shape index (κ2) is 8.06. The minimum absolute atomic E-state index is 0.703. The van der Waals surface area contributed by atoms with Crippen molar-refractivity contribution in [1.29, 1.82) is 0 Å². The van der Waals surface area contributed by atoms with Crippen molar-refractivity contribution in [3.63, 3.8) is 0 Å². The SMILES string of the molecule is CCCCSc1nnc(-c2ccc(Cl)cc2)n1-c1ccc(Cl)cc1. The van der Waals surface area contributed by atoms with E-state index >= 15 is 0 Å². The highest BCUT2D eigenvalue weighted by Crippen LogP contribution is 2.29. The third kappa shape index (κ3) is 3.94. The zero-order valence-corrected chi connectivity index (χ0v) is 15.6. The molecular formula is C18H17Cl2N3S. The molecule has 0 N–H and O–H groups in total. The maximum Gasteiger partial charge on any atom is 0.196 e. The summed E-state index contributed by atoms with van der Waals surface area (Å²) in [7, 11) is 0. The van der Waals surface area contributed by atoms with Crippen LogP contribution in [0.3, 0.4) is 0 Å². The van der Waals surface area contributed by atoms with Crippen molar-refractivity contribution < 1.29 is 0 Å². The molecule has 3 aromatic rings. The Bertz CT molecular complexity index is 798. The Hall–Kier alpha value is -1.49. The van der Waals surface area contributed by atoms with Crippen LogP contribution in [0.4, 0.5) is 0 Å². The Morgan fingerprint density at radius 2 is 1.54 bits per heavy atom. The number of hydrogen-bond donors (Lipinski definition) is 0. The van der Waals surface area contributed by atoms with E-state index in [1.807, 2.05) is 48.5 Å². The molecule has 1 aromatic heterocycles. The van der Waals surface area contributed by atoms with Crippen LogP contribution < -0.4 is 0 Å². The lowest BCUT2D eigenvalue weighted by molar-refractivity contribution is 0.865. The molecule has 3 rings (SSSR count). The second-order valence-electron chi connectivity index (χ2n) is 5.33. The molecule has 0 fully saturated rings. The highest BCUT2D eigenvalue weighted by molar-refractivity contribution is 7.99. The maximum atomic E-state index is 6.03. The van der Waals surface area contributed by atoms with E-state index in [9.17, 15) is 0 Å². The van der Waals surface area contributed by atoms with Gasteiger partial charge in [-0.25, -0.2) is 0 Å². The van der Waals surface area contributed by atoms with Gasteiger partial charge in [-0.1, -0.05) is 48.3 Å². The van der Waals surface area contributed by atoms with Gasteiger partial charge in [0.15, 0.2) is 11.0 Å². The lowest BCUT2D eigenvalue weighted by Crippen LogP contribution is -1.99. The smallest absolute Gasteiger partial charge is 0.196 e. The number of aromatic nitrogens is 3. The molecule has 0 aliphatic carbocycles. The molecule has 0 saturated heterocycles. The van der Waals surface area contributed by atoms with Crippen LogP contribution in [-0.4, -0.2) is 20.5 Å². The van der Waals surface area contributed by atoms with Crippen molar-refractivity contribution in [2.75, 3.05) is 5.75 Å². The zero-order valence-electron chi connectivity index (χ0n) is 13.2. The highest BCUT2D eigenvalue weighted by atomic mass is 35.5. The standard InChI is InChI=1S/C18H17Cl2N3S/c1-2-3-12-24-18-22-21-17(13-4-6-14(19)7-5-13)23(18)16-10-8-15(20)9-11-16/h4-11H,2-3,12H2,1H3. The summed E-state index contributed by atoms with van der Waals surface area (Å²) >= 11 is 13.8. The van der Waals surface area contributed by atoms with Crippen LogP contribution in [0, 0.1) is 0 Å². The molecule has 0 radical (unpaired) electrons. The summed E-state index contributed by atoms with van der Waals surface area (Å²) in [6.07, 6.45) is 2.31. The molecule has 0 atom stereocenters. The topological polar surface area (TPSA) is 30.7 Å². The van der Waals surface area contributed by atoms with E-state index in [-0.39, 0.29) is 0 Å². The first-order valence-electron chi connectivity index (χ1n) is 7.79. The molecule has 1 heterocycles. The molecule has 0 amide bonds. The fourth-order valence-electron chi connectivity index (χ4n) is 2.28. The normalized spacial score (nSPS) is 11.0. The van der Waals surface area contributed by atoms with Gasteiger partial charge in [0.1, 0.15) is 0 Å². The molecule has 0 aliphatic heterocycles. The molecule has 0 aliphatic rings. The molecular weight excluding hydrogens is 361 g/mol. The Kier molecular flexibility index (Phi) is 5.82. The van der Waals surface area contributed by atoms with Crippen LogP contribution >= 0.6 is 35.0 Å². The van der Waals surface area contributed by atoms with Crippen LogP contribution in [0.25, 0.3) is 17.1 Å². The van der Waals surface area contributed by atoms with Gasteiger partial charge in [-0.15, -0.1) is 10.2 Å². The number of nitrogens with zero attached hydrogens (tertiary/aromatic N) is 3. The van der Waals surface area contributed by atoms with Gasteiger partial charge in [0.2, 0.25) is 0 Å². The lowest BCUT2D eigenvalue weighted by Gasteiger charge is -2.10. The molecule has 124 valence electrons. The van der Waals surface area contributed by atoms with Crippen LogP contribution in [0.15, 0.2) is 53.7 Å². The van der Waals surface area contributed by atoms with E-state index in [4.69, 9.17) is 23.2 Å². The maximum absolute atomic E-state index is 6.03. The number of thioether (sulfide) groups is 1. The molecule has 0 unspecified atom stereocenters. The van der Waals surface area contributed by atoms with Crippen molar-refractivity contribution in [1.82, 2.24) is 14.8 Å². The molecule has 6 heteroatoms. The molecule has 0 bridgehead atoms. The van der Waals surface area contributed by atoms with Crippen LogP contribution in [-0.2, 0) is 0 Å². The van der Waals surface area contributed by atoms with Crippen molar-refractivity contribution in [2.45, 2.75) is 24.9 Å². The highest BCUT2D eigenvalue weighted by Gasteiger charge is 2.16. The Morgan fingerprint density at radius 1 is 0.917 bits per heavy atom. The fraction of sp³-hybridized carbons (Fsp3) is 0.222. The summed E-state index contributed by atoms with van der Waals surface area (Å²) in [4.78, 5) is 0. The Balaban J connectivity index is 2.05. The predicted octanol–water partition coefficient (Wildman–Crippen LogP) is 6.13. The molecule has 0 spiro atoms. The summed E-state index contributed by atoms with van der Waals surface area (Å²) in [6, 6.07) is 15.4. The van der Waals surface area contributed by atoms with E-state index in [0.29, 0.717) is 10.0 Å². The van der Waals surface area contributed by atoms with Crippen molar-refractivity contribution in [3.05, 3.63) is 58.6 Å². The Morgan fingerprint density at radius 3 is 2.17 bits per heavy atom. The number of halogens is 2.